The lowest BCUT2D eigenvalue weighted by molar-refractivity contribution is -0.132. The molecule has 0 saturated carbocycles. The van der Waals surface area contributed by atoms with Crippen LogP contribution in [0.2, 0.25) is 0 Å². The molecule has 0 saturated heterocycles. The molecule has 2 nitrogen and oxygen atoms in total. The maximum absolute atomic E-state index is 12.1. The molecule has 5 heteroatoms. The molecule has 0 aromatic heterocycles. The minimum atomic E-state index is -4.15. The number of alkyl halides is 3. The predicted octanol–water partition coefficient (Wildman–Crippen LogP) is 3.20. The van der Waals surface area contributed by atoms with E-state index >= 15 is 0 Å². The summed E-state index contributed by atoms with van der Waals surface area (Å²) in [6, 6.07) is 4.97. The smallest absolute Gasteiger partial charge is 0.374 e. The molecule has 0 amide bonds. The molecule has 1 aromatic carbocycles. The molecule has 0 fully saturated rings. The average Bonchev–Trinajstić information content (AvgIpc) is 2.24. The van der Waals surface area contributed by atoms with Gasteiger partial charge < -0.3 is 4.90 Å². The lowest BCUT2D eigenvalue weighted by atomic mass is 10.1. The van der Waals surface area contributed by atoms with Crippen molar-refractivity contribution >= 4 is 12.0 Å². The van der Waals surface area contributed by atoms with Gasteiger partial charge in [0.2, 0.25) is 0 Å². The first kappa shape index (κ1) is 13.5. The Kier molecular flexibility index (Phi) is 4.15. The largest absolute Gasteiger partial charge is 0.390 e. The van der Waals surface area contributed by atoms with Crippen molar-refractivity contribution < 1.29 is 18.0 Å². The summed E-state index contributed by atoms with van der Waals surface area (Å²) in [5.41, 5.74) is 1.99. The Balaban J connectivity index is 2.73. The van der Waals surface area contributed by atoms with E-state index in [0.717, 1.165) is 11.8 Å². The monoisotopic (exact) mass is 245 g/mol. The van der Waals surface area contributed by atoms with Crippen molar-refractivity contribution in [3.8, 4) is 0 Å². The molecule has 0 atom stereocenters. The second-order valence-electron chi connectivity index (χ2n) is 3.95. The van der Waals surface area contributed by atoms with E-state index < -0.39 is 12.6 Å². The number of hydrogen-bond acceptors (Lipinski definition) is 2. The molecule has 0 aliphatic heterocycles. The summed E-state index contributed by atoms with van der Waals surface area (Å²) in [6.07, 6.45) is -4.27. The number of aldehydes is 1. The van der Waals surface area contributed by atoms with Crippen molar-refractivity contribution in [2.24, 2.45) is 0 Å². The highest BCUT2D eigenvalue weighted by atomic mass is 19.4. The minimum absolute atomic E-state index is 0.0939. The minimum Gasteiger partial charge on any atom is -0.374 e. The lowest BCUT2D eigenvalue weighted by Crippen LogP contribution is -2.24. The van der Waals surface area contributed by atoms with Crippen LogP contribution in [-0.4, -0.2) is 26.1 Å². The highest BCUT2D eigenvalue weighted by Crippen LogP contribution is 2.22. The van der Waals surface area contributed by atoms with Gasteiger partial charge >= 0.3 is 6.18 Å². The lowest BCUT2D eigenvalue weighted by Gasteiger charge is -2.20. The van der Waals surface area contributed by atoms with Gasteiger partial charge in [-0.2, -0.15) is 13.2 Å². The van der Waals surface area contributed by atoms with Gasteiger partial charge in [-0.25, -0.2) is 0 Å². The second-order valence-corrected chi connectivity index (χ2v) is 3.95. The number of anilines is 1. The molecule has 0 unspecified atom stereocenters. The van der Waals surface area contributed by atoms with Crippen molar-refractivity contribution in [1.82, 2.24) is 0 Å². The summed E-state index contributed by atoms with van der Waals surface area (Å²) in [5.74, 6) is 0. The van der Waals surface area contributed by atoms with Crippen LogP contribution in [0.4, 0.5) is 18.9 Å². The summed E-state index contributed by atoms with van der Waals surface area (Å²) in [6.45, 7) is 1.66. The van der Waals surface area contributed by atoms with Crippen LogP contribution in [0.3, 0.4) is 0 Å². The van der Waals surface area contributed by atoms with Crippen LogP contribution in [-0.2, 0) is 0 Å². The molecule has 0 aliphatic rings. The van der Waals surface area contributed by atoms with E-state index in [0.29, 0.717) is 11.3 Å². The van der Waals surface area contributed by atoms with E-state index in [9.17, 15) is 18.0 Å². The van der Waals surface area contributed by atoms with Crippen LogP contribution in [0.5, 0.6) is 0 Å². The van der Waals surface area contributed by atoms with E-state index in [2.05, 4.69) is 0 Å². The van der Waals surface area contributed by atoms with Gasteiger partial charge in [0.25, 0.3) is 0 Å². The number of carbonyl (C=O) groups is 1. The summed E-state index contributed by atoms with van der Waals surface area (Å²) < 4.78 is 36.2. The molecule has 0 bridgehead atoms. The van der Waals surface area contributed by atoms with Crippen molar-refractivity contribution in [2.45, 2.75) is 19.5 Å². The number of hydrogen-bond donors (Lipinski definition) is 0. The normalized spacial score (nSPS) is 11.4. The maximum Gasteiger partial charge on any atom is 0.390 e. The number of carbonyl (C=O) groups excluding carboxylic acids is 1. The van der Waals surface area contributed by atoms with E-state index in [1.54, 1.807) is 32.2 Å². The summed E-state index contributed by atoms with van der Waals surface area (Å²) in [5, 5.41) is 0. The molecule has 0 spiro atoms. The van der Waals surface area contributed by atoms with E-state index in [1.165, 1.54) is 4.90 Å². The third-order valence-electron chi connectivity index (χ3n) is 2.55. The third-order valence-corrected chi connectivity index (χ3v) is 2.55. The first-order valence-corrected chi connectivity index (χ1v) is 5.17. The molecule has 1 rings (SSSR count). The van der Waals surface area contributed by atoms with Gasteiger partial charge in [0.1, 0.15) is 6.29 Å². The molecular weight excluding hydrogens is 231 g/mol. The van der Waals surface area contributed by atoms with Crippen LogP contribution in [0.15, 0.2) is 18.2 Å². The zero-order valence-corrected chi connectivity index (χ0v) is 9.71. The Labute approximate surface area is 98.0 Å². The fraction of sp³-hybridized carbons (Fsp3) is 0.417. The van der Waals surface area contributed by atoms with Gasteiger partial charge in [0.15, 0.2) is 0 Å². The average molecular weight is 245 g/mol. The molecule has 94 valence electrons. The van der Waals surface area contributed by atoms with E-state index in [4.69, 9.17) is 0 Å². The van der Waals surface area contributed by atoms with Crippen LogP contribution >= 0.6 is 0 Å². The SMILES string of the molecule is Cc1cc(N(C)CCC(F)(F)F)ccc1C=O. The van der Waals surface area contributed by atoms with Gasteiger partial charge in [-0.3, -0.25) is 4.79 Å². The Hall–Kier alpha value is -1.52. The van der Waals surface area contributed by atoms with Crippen molar-refractivity contribution in [3.63, 3.8) is 0 Å². The van der Waals surface area contributed by atoms with Crippen molar-refractivity contribution in [2.75, 3.05) is 18.5 Å². The Morgan fingerprint density at radius 1 is 1.35 bits per heavy atom. The van der Waals surface area contributed by atoms with E-state index in [1.807, 2.05) is 0 Å². The topological polar surface area (TPSA) is 20.3 Å². The first-order chi connectivity index (χ1) is 7.83. The summed E-state index contributed by atoms with van der Waals surface area (Å²) in [4.78, 5) is 12.1. The Morgan fingerprint density at radius 3 is 2.47 bits per heavy atom. The van der Waals surface area contributed by atoms with Crippen LogP contribution < -0.4 is 4.90 Å². The fourth-order valence-corrected chi connectivity index (χ4v) is 1.45. The van der Waals surface area contributed by atoms with Crippen molar-refractivity contribution in [3.05, 3.63) is 29.3 Å². The highest BCUT2D eigenvalue weighted by Gasteiger charge is 2.27. The zero-order valence-electron chi connectivity index (χ0n) is 9.71. The zero-order chi connectivity index (χ0) is 13.1. The quantitative estimate of drug-likeness (QED) is 0.759. The summed E-state index contributed by atoms with van der Waals surface area (Å²) in [7, 11) is 1.60. The molecule has 17 heavy (non-hydrogen) atoms. The standard InChI is InChI=1S/C12H14F3NO/c1-9-7-11(4-3-10(9)8-17)16(2)6-5-12(13,14)15/h3-4,7-8H,5-6H2,1-2H3. The predicted molar refractivity (Wildman–Crippen MR) is 60.5 cm³/mol. The highest BCUT2D eigenvalue weighted by molar-refractivity contribution is 5.78. The maximum atomic E-state index is 12.1. The molecule has 0 N–H and O–H groups in total. The van der Waals surface area contributed by atoms with Crippen LogP contribution in [0.25, 0.3) is 0 Å². The van der Waals surface area contributed by atoms with Gasteiger partial charge in [0.05, 0.1) is 6.42 Å². The Morgan fingerprint density at radius 2 is 2.00 bits per heavy atom. The molecule has 1 aromatic rings. The molecule has 0 aliphatic carbocycles. The summed E-state index contributed by atoms with van der Waals surface area (Å²) >= 11 is 0. The number of halogens is 3. The van der Waals surface area contributed by atoms with Crippen molar-refractivity contribution in [1.29, 1.82) is 0 Å². The number of aryl methyl sites for hydroxylation is 1. The van der Waals surface area contributed by atoms with Gasteiger partial charge in [-0.1, -0.05) is 0 Å². The van der Waals surface area contributed by atoms with Gasteiger partial charge in [-0.05, 0) is 30.7 Å². The number of rotatable bonds is 4. The first-order valence-electron chi connectivity index (χ1n) is 5.17. The second kappa shape index (κ2) is 5.21. The van der Waals surface area contributed by atoms with Crippen LogP contribution in [0, 0.1) is 6.92 Å². The molecule has 0 heterocycles. The molecule has 0 radical (unpaired) electrons. The molecular formula is C12H14F3NO. The van der Waals surface area contributed by atoms with Gasteiger partial charge in [0, 0.05) is 24.8 Å². The third kappa shape index (κ3) is 4.09. The van der Waals surface area contributed by atoms with E-state index in [-0.39, 0.29) is 6.54 Å². The van der Waals surface area contributed by atoms with Gasteiger partial charge in [-0.15, -0.1) is 0 Å². The Bertz CT molecular complexity index is 401. The van der Waals surface area contributed by atoms with Crippen LogP contribution in [0.1, 0.15) is 22.3 Å². The number of nitrogens with zero attached hydrogens (tertiary/aromatic N) is 1. The fourth-order valence-electron chi connectivity index (χ4n) is 1.45. The number of benzene rings is 1.